The van der Waals surface area contributed by atoms with E-state index in [1.165, 1.54) is 0 Å². The highest BCUT2D eigenvalue weighted by molar-refractivity contribution is 7.84. The van der Waals surface area contributed by atoms with Gasteiger partial charge >= 0.3 is 0 Å². The van der Waals surface area contributed by atoms with Gasteiger partial charge < -0.3 is 5.73 Å². The molecule has 2 nitrogen and oxygen atoms in total. The van der Waals surface area contributed by atoms with Gasteiger partial charge in [-0.1, -0.05) is 17.7 Å². The summed E-state index contributed by atoms with van der Waals surface area (Å²) in [5.74, 6) is -1.58. The van der Waals surface area contributed by atoms with E-state index in [-0.39, 0.29) is 10.6 Å². The molecule has 1 unspecified atom stereocenters. The molecule has 1 atom stereocenters. The molecule has 0 spiro atoms. The van der Waals surface area contributed by atoms with Crippen molar-refractivity contribution < 1.29 is 13.0 Å². The molecule has 0 aromatic heterocycles. The van der Waals surface area contributed by atoms with Crippen molar-refractivity contribution in [1.82, 2.24) is 0 Å². The number of hydrogen-bond donors (Lipinski definition) is 1. The van der Waals surface area contributed by atoms with Crippen LogP contribution in [0.5, 0.6) is 0 Å². The van der Waals surface area contributed by atoms with Crippen LogP contribution in [-0.2, 0) is 16.6 Å². The molecule has 0 heterocycles. The molecule has 6 heteroatoms. The van der Waals surface area contributed by atoms with Gasteiger partial charge in [-0.3, -0.25) is 4.21 Å². The average molecular weight is 302 g/mol. The Bertz CT molecular complexity index is 628. The summed E-state index contributed by atoms with van der Waals surface area (Å²) in [6.45, 7) is 0. The van der Waals surface area contributed by atoms with E-state index in [0.29, 0.717) is 22.3 Å². The van der Waals surface area contributed by atoms with Crippen molar-refractivity contribution >= 4 is 28.1 Å². The van der Waals surface area contributed by atoms with Crippen LogP contribution in [0.15, 0.2) is 41.3 Å². The van der Waals surface area contributed by atoms with Gasteiger partial charge in [-0.25, -0.2) is 8.78 Å². The minimum Gasteiger partial charge on any atom is -0.398 e. The van der Waals surface area contributed by atoms with E-state index >= 15 is 0 Å². The fourth-order valence-corrected chi connectivity index (χ4v) is 3.16. The SMILES string of the molecule is Nc1cccc(Cl)c1CS(=O)c1ccc(F)cc1F. The predicted octanol–water partition coefficient (Wildman–Crippen LogP) is 3.51. The summed E-state index contributed by atoms with van der Waals surface area (Å²) in [5, 5.41) is 0.371. The van der Waals surface area contributed by atoms with Gasteiger partial charge in [-0.05, 0) is 24.3 Å². The van der Waals surface area contributed by atoms with Crippen LogP contribution in [0.2, 0.25) is 5.02 Å². The van der Waals surface area contributed by atoms with Crippen LogP contribution in [0.1, 0.15) is 5.56 Å². The Labute approximate surface area is 116 Å². The number of halogens is 3. The molecule has 0 amide bonds. The first-order valence-electron chi connectivity index (χ1n) is 5.35. The van der Waals surface area contributed by atoms with Gasteiger partial charge in [-0.2, -0.15) is 0 Å². The smallest absolute Gasteiger partial charge is 0.142 e. The third-order valence-electron chi connectivity index (χ3n) is 2.57. The third-order valence-corrected chi connectivity index (χ3v) is 4.30. The maximum atomic E-state index is 13.5. The molecule has 0 aliphatic carbocycles. The minimum atomic E-state index is -1.68. The summed E-state index contributed by atoms with van der Waals surface area (Å²) >= 11 is 5.96. The number of nitrogens with two attached hydrogens (primary N) is 1. The molecule has 0 bridgehead atoms. The van der Waals surface area contributed by atoms with Crippen LogP contribution < -0.4 is 5.73 Å². The van der Waals surface area contributed by atoms with Crippen LogP contribution in [-0.4, -0.2) is 4.21 Å². The van der Waals surface area contributed by atoms with Crippen molar-refractivity contribution in [3.63, 3.8) is 0 Å². The molecule has 0 radical (unpaired) electrons. The molecule has 2 aromatic carbocycles. The highest BCUT2D eigenvalue weighted by Crippen LogP contribution is 2.26. The monoisotopic (exact) mass is 301 g/mol. The predicted molar refractivity (Wildman–Crippen MR) is 72.3 cm³/mol. The van der Waals surface area contributed by atoms with Crippen LogP contribution >= 0.6 is 11.6 Å². The molecule has 0 saturated heterocycles. The van der Waals surface area contributed by atoms with E-state index in [0.717, 1.165) is 12.1 Å². The molecule has 100 valence electrons. The van der Waals surface area contributed by atoms with Crippen LogP contribution in [0.25, 0.3) is 0 Å². The number of rotatable bonds is 3. The summed E-state index contributed by atoms with van der Waals surface area (Å²) in [5.41, 5.74) is 6.62. The number of anilines is 1. The molecule has 2 N–H and O–H groups in total. The molecule has 0 saturated carbocycles. The van der Waals surface area contributed by atoms with Gasteiger partial charge in [0.1, 0.15) is 11.6 Å². The van der Waals surface area contributed by atoms with Gasteiger partial charge in [-0.15, -0.1) is 0 Å². The van der Waals surface area contributed by atoms with Crippen molar-refractivity contribution in [3.8, 4) is 0 Å². The van der Waals surface area contributed by atoms with E-state index in [9.17, 15) is 13.0 Å². The Morgan fingerprint density at radius 2 is 1.95 bits per heavy atom. The standard InChI is InChI=1S/C13H10ClF2NOS/c14-10-2-1-3-12(17)9(10)7-19(18)13-5-4-8(15)6-11(13)16/h1-6H,7,17H2. The lowest BCUT2D eigenvalue weighted by atomic mass is 10.2. The molecule has 0 fully saturated rings. The maximum Gasteiger partial charge on any atom is 0.142 e. The largest absolute Gasteiger partial charge is 0.398 e. The van der Waals surface area contributed by atoms with Crippen molar-refractivity contribution in [2.24, 2.45) is 0 Å². The normalized spacial score (nSPS) is 12.4. The van der Waals surface area contributed by atoms with E-state index in [2.05, 4.69) is 0 Å². The first-order valence-corrected chi connectivity index (χ1v) is 7.05. The lowest BCUT2D eigenvalue weighted by molar-refractivity contribution is 0.562. The molecule has 2 aromatic rings. The Kier molecular flexibility index (Phi) is 4.17. The van der Waals surface area contributed by atoms with E-state index in [1.807, 2.05) is 0 Å². The second-order valence-corrected chi connectivity index (χ2v) is 5.70. The Hall–Kier alpha value is -1.46. The summed E-state index contributed by atoms with van der Waals surface area (Å²) in [7, 11) is -1.68. The number of hydrogen-bond acceptors (Lipinski definition) is 2. The quantitative estimate of drug-likeness (QED) is 0.882. The first-order chi connectivity index (χ1) is 8.99. The highest BCUT2D eigenvalue weighted by Gasteiger charge is 2.14. The van der Waals surface area contributed by atoms with E-state index in [4.69, 9.17) is 17.3 Å². The molecule has 0 aliphatic heterocycles. The zero-order valence-corrected chi connectivity index (χ0v) is 11.3. The Balaban J connectivity index is 2.31. The molecular formula is C13H10ClF2NOS. The fraction of sp³-hybridized carbons (Fsp3) is 0.0769. The second-order valence-electron chi connectivity index (χ2n) is 3.87. The van der Waals surface area contributed by atoms with Crippen molar-refractivity contribution in [3.05, 3.63) is 58.6 Å². The number of benzene rings is 2. The summed E-state index contributed by atoms with van der Waals surface area (Å²) < 4.78 is 38.4. The molecule has 2 rings (SSSR count). The second kappa shape index (κ2) is 5.67. The lowest BCUT2D eigenvalue weighted by Gasteiger charge is -2.08. The van der Waals surface area contributed by atoms with Crippen LogP contribution in [0, 0.1) is 11.6 Å². The van der Waals surface area contributed by atoms with Gasteiger partial charge in [0.15, 0.2) is 0 Å². The first kappa shape index (κ1) is 14.0. The topological polar surface area (TPSA) is 43.1 Å². The zero-order chi connectivity index (χ0) is 14.0. The van der Waals surface area contributed by atoms with Crippen LogP contribution in [0.4, 0.5) is 14.5 Å². The van der Waals surface area contributed by atoms with Gasteiger partial charge in [0.25, 0.3) is 0 Å². The minimum absolute atomic E-state index is 0.0198. The Morgan fingerprint density at radius 3 is 2.58 bits per heavy atom. The van der Waals surface area contributed by atoms with Crippen molar-refractivity contribution in [1.29, 1.82) is 0 Å². The van der Waals surface area contributed by atoms with E-state index in [1.54, 1.807) is 18.2 Å². The molecule has 19 heavy (non-hydrogen) atoms. The zero-order valence-electron chi connectivity index (χ0n) is 9.70. The maximum absolute atomic E-state index is 13.5. The third kappa shape index (κ3) is 3.11. The van der Waals surface area contributed by atoms with Gasteiger partial charge in [0.05, 0.1) is 21.4 Å². The average Bonchev–Trinajstić information content (AvgIpc) is 2.33. The van der Waals surface area contributed by atoms with Crippen molar-refractivity contribution in [2.45, 2.75) is 10.6 Å². The van der Waals surface area contributed by atoms with Gasteiger partial charge in [0, 0.05) is 22.3 Å². The fourth-order valence-electron chi connectivity index (χ4n) is 1.60. The lowest BCUT2D eigenvalue weighted by Crippen LogP contribution is -2.03. The van der Waals surface area contributed by atoms with Gasteiger partial charge in [0.2, 0.25) is 0 Å². The molecular weight excluding hydrogens is 292 g/mol. The number of nitrogen functional groups attached to an aromatic ring is 1. The van der Waals surface area contributed by atoms with E-state index < -0.39 is 22.4 Å². The molecule has 0 aliphatic rings. The van der Waals surface area contributed by atoms with Crippen molar-refractivity contribution in [2.75, 3.05) is 5.73 Å². The summed E-state index contributed by atoms with van der Waals surface area (Å²) in [6.07, 6.45) is 0. The van der Waals surface area contributed by atoms with Crippen LogP contribution in [0.3, 0.4) is 0 Å². The highest BCUT2D eigenvalue weighted by atomic mass is 35.5. The Morgan fingerprint density at radius 1 is 1.21 bits per heavy atom. The summed E-state index contributed by atoms with van der Waals surface area (Å²) in [4.78, 5) is -0.0688. The summed E-state index contributed by atoms with van der Waals surface area (Å²) in [6, 6.07) is 7.83.